The molecule has 0 aliphatic carbocycles. The third-order valence-electron chi connectivity index (χ3n) is 4.75. The Hall–Kier alpha value is -3.72. The average Bonchev–Trinajstić information content (AvgIpc) is 3.20. The van der Waals surface area contributed by atoms with Crippen molar-refractivity contribution < 1.29 is 14.3 Å². The van der Waals surface area contributed by atoms with Gasteiger partial charge in [0.25, 0.3) is 11.5 Å². The van der Waals surface area contributed by atoms with E-state index in [0.29, 0.717) is 39.3 Å². The smallest absolute Gasteiger partial charge is 0.275 e. The topological polar surface area (TPSA) is 94.8 Å². The molecule has 8 nitrogen and oxygen atoms in total. The normalized spacial score (nSPS) is 11.0. The first kappa shape index (κ1) is 22.5. The quantitative estimate of drug-likeness (QED) is 0.420. The Morgan fingerprint density at radius 2 is 1.97 bits per heavy atom. The third-order valence-corrected chi connectivity index (χ3v) is 5.68. The van der Waals surface area contributed by atoms with Gasteiger partial charge in [0.15, 0.2) is 0 Å². The SMILES string of the molecule is COc1ccccc1C(=O)Nc1cccc(OCc2cc(=O)n3nc(CC(C)C)sc3n2)c1. The zero-order valence-corrected chi connectivity index (χ0v) is 19.4. The molecule has 1 amide bonds. The van der Waals surface area contributed by atoms with Crippen LogP contribution in [0.3, 0.4) is 0 Å². The molecule has 4 rings (SSSR count). The number of benzene rings is 2. The Labute approximate surface area is 194 Å². The summed E-state index contributed by atoms with van der Waals surface area (Å²) in [7, 11) is 1.52. The first-order valence-electron chi connectivity index (χ1n) is 10.5. The molecule has 0 unspecified atom stereocenters. The Morgan fingerprint density at radius 3 is 2.76 bits per heavy atom. The molecule has 4 aromatic rings. The van der Waals surface area contributed by atoms with Crippen LogP contribution < -0.4 is 20.3 Å². The molecule has 0 bridgehead atoms. The fourth-order valence-corrected chi connectivity index (χ4v) is 4.38. The fraction of sp³-hybridized carbons (Fsp3) is 0.250. The average molecular weight is 465 g/mol. The Bertz CT molecular complexity index is 1350. The van der Waals surface area contributed by atoms with Crippen LogP contribution >= 0.6 is 11.3 Å². The molecule has 0 spiro atoms. The van der Waals surface area contributed by atoms with E-state index in [1.807, 2.05) is 0 Å². The molecule has 0 aliphatic heterocycles. The van der Waals surface area contributed by atoms with Crippen LogP contribution in [-0.2, 0) is 13.0 Å². The van der Waals surface area contributed by atoms with Crippen molar-refractivity contribution in [2.75, 3.05) is 12.4 Å². The number of nitrogens with zero attached hydrogens (tertiary/aromatic N) is 3. The molecule has 2 aromatic carbocycles. The minimum absolute atomic E-state index is 0.118. The van der Waals surface area contributed by atoms with Crippen LogP contribution in [0.5, 0.6) is 11.5 Å². The lowest BCUT2D eigenvalue weighted by Gasteiger charge is -2.11. The summed E-state index contributed by atoms with van der Waals surface area (Å²) in [6, 6.07) is 15.5. The number of aromatic nitrogens is 3. The number of amides is 1. The maximum atomic E-state index is 12.6. The van der Waals surface area contributed by atoms with Crippen LogP contribution in [0.1, 0.15) is 34.9 Å². The number of hydrogen-bond acceptors (Lipinski definition) is 7. The standard InChI is InChI=1S/C24H24N4O4S/c1-15(2)11-21-27-28-22(29)13-17(26-24(28)33-21)14-32-18-8-6-7-16(12-18)25-23(30)19-9-4-5-10-20(19)31-3/h4-10,12-13,15H,11,14H2,1-3H3,(H,25,30). The third kappa shape index (κ3) is 5.38. The lowest BCUT2D eigenvalue weighted by molar-refractivity contribution is 0.102. The molecule has 33 heavy (non-hydrogen) atoms. The van der Waals surface area contributed by atoms with Crippen LogP contribution in [0.15, 0.2) is 59.4 Å². The van der Waals surface area contributed by atoms with Gasteiger partial charge in [-0.3, -0.25) is 9.59 Å². The van der Waals surface area contributed by atoms with Crippen LogP contribution in [-0.4, -0.2) is 27.6 Å². The van der Waals surface area contributed by atoms with E-state index in [1.165, 1.54) is 29.0 Å². The van der Waals surface area contributed by atoms with Crippen molar-refractivity contribution in [2.45, 2.75) is 26.9 Å². The first-order chi connectivity index (χ1) is 15.9. The summed E-state index contributed by atoms with van der Waals surface area (Å²) in [6.07, 6.45) is 0.798. The number of para-hydroxylation sites is 1. The molecule has 170 valence electrons. The van der Waals surface area contributed by atoms with E-state index in [1.54, 1.807) is 48.5 Å². The summed E-state index contributed by atoms with van der Waals surface area (Å²) in [5.41, 5.74) is 1.30. The number of rotatable bonds is 8. The predicted octanol–water partition coefficient (Wildman–Crippen LogP) is 4.19. The van der Waals surface area contributed by atoms with Crippen LogP contribution in [0.4, 0.5) is 5.69 Å². The summed E-state index contributed by atoms with van der Waals surface area (Å²) in [5, 5.41) is 8.09. The van der Waals surface area contributed by atoms with Crippen molar-refractivity contribution >= 4 is 27.9 Å². The fourth-order valence-electron chi connectivity index (χ4n) is 3.25. The van der Waals surface area contributed by atoms with Crippen LogP contribution in [0, 0.1) is 5.92 Å². The second-order valence-corrected chi connectivity index (χ2v) is 8.89. The zero-order valence-electron chi connectivity index (χ0n) is 18.6. The molecule has 0 fully saturated rings. The van der Waals surface area contributed by atoms with Crippen LogP contribution in [0.2, 0.25) is 0 Å². The van der Waals surface area contributed by atoms with Gasteiger partial charge < -0.3 is 14.8 Å². The maximum Gasteiger partial charge on any atom is 0.275 e. The van der Waals surface area contributed by atoms with Gasteiger partial charge in [0, 0.05) is 24.2 Å². The van der Waals surface area contributed by atoms with Crippen molar-refractivity contribution in [2.24, 2.45) is 5.92 Å². The molecule has 0 aliphatic rings. The number of hydrogen-bond donors (Lipinski definition) is 1. The summed E-state index contributed by atoms with van der Waals surface area (Å²) in [4.78, 5) is 30.1. The van der Waals surface area contributed by atoms with Gasteiger partial charge >= 0.3 is 0 Å². The highest BCUT2D eigenvalue weighted by Gasteiger charge is 2.13. The van der Waals surface area contributed by atoms with Gasteiger partial charge in [-0.05, 0) is 30.2 Å². The number of nitrogens with one attached hydrogen (secondary N) is 1. The first-order valence-corrected chi connectivity index (χ1v) is 11.3. The van der Waals surface area contributed by atoms with Gasteiger partial charge in [0.05, 0.1) is 18.4 Å². The van der Waals surface area contributed by atoms with E-state index in [0.717, 1.165) is 11.4 Å². The highest BCUT2D eigenvalue weighted by atomic mass is 32.1. The summed E-state index contributed by atoms with van der Waals surface area (Å²) < 4.78 is 12.4. The monoisotopic (exact) mass is 464 g/mol. The molecule has 9 heteroatoms. The predicted molar refractivity (Wildman–Crippen MR) is 127 cm³/mol. The molecule has 0 saturated carbocycles. The van der Waals surface area contributed by atoms with E-state index < -0.39 is 0 Å². The van der Waals surface area contributed by atoms with E-state index in [2.05, 4.69) is 29.2 Å². The molecule has 2 aromatic heterocycles. The van der Waals surface area contributed by atoms with E-state index in [4.69, 9.17) is 9.47 Å². The number of carbonyl (C=O) groups excluding carboxylic acids is 1. The van der Waals surface area contributed by atoms with Crippen molar-refractivity contribution in [3.05, 3.63) is 81.2 Å². The summed E-state index contributed by atoms with van der Waals surface area (Å²) in [5.74, 6) is 1.20. The van der Waals surface area contributed by atoms with Crippen LogP contribution in [0.25, 0.3) is 4.96 Å². The lowest BCUT2D eigenvalue weighted by Crippen LogP contribution is -2.16. The van der Waals surface area contributed by atoms with Gasteiger partial charge in [0.1, 0.15) is 23.1 Å². The highest BCUT2D eigenvalue weighted by Crippen LogP contribution is 2.22. The largest absolute Gasteiger partial charge is 0.496 e. The molecule has 0 radical (unpaired) electrons. The summed E-state index contributed by atoms with van der Waals surface area (Å²) in [6.45, 7) is 4.33. The van der Waals surface area contributed by atoms with Crippen molar-refractivity contribution in [1.29, 1.82) is 0 Å². The number of ether oxygens (including phenoxy) is 2. The minimum atomic E-state index is -0.285. The number of carbonyl (C=O) groups is 1. The highest BCUT2D eigenvalue weighted by molar-refractivity contribution is 7.16. The van der Waals surface area contributed by atoms with Gasteiger partial charge in [-0.15, -0.1) is 0 Å². The molecular weight excluding hydrogens is 440 g/mol. The van der Waals surface area contributed by atoms with Crippen molar-refractivity contribution in [3.8, 4) is 11.5 Å². The lowest BCUT2D eigenvalue weighted by atomic mass is 10.1. The molecule has 1 N–H and O–H groups in total. The van der Waals surface area contributed by atoms with Gasteiger partial charge in [-0.1, -0.05) is 43.4 Å². The van der Waals surface area contributed by atoms with Crippen molar-refractivity contribution in [3.63, 3.8) is 0 Å². The molecular formula is C24H24N4O4S. The zero-order chi connectivity index (χ0) is 23.4. The maximum absolute atomic E-state index is 12.6. The Kier molecular flexibility index (Phi) is 6.69. The summed E-state index contributed by atoms with van der Waals surface area (Å²) >= 11 is 1.41. The second kappa shape index (κ2) is 9.83. The second-order valence-electron chi connectivity index (χ2n) is 7.84. The van der Waals surface area contributed by atoms with Gasteiger partial charge in [-0.25, -0.2) is 4.98 Å². The Morgan fingerprint density at radius 1 is 1.15 bits per heavy atom. The molecule has 0 atom stereocenters. The number of anilines is 1. The Balaban J connectivity index is 1.46. The number of methoxy groups -OCH3 is 1. The molecule has 2 heterocycles. The molecule has 0 saturated heterocycles. The van der Waals surface area contributed by atoms with Crippen molar-refractivity contribution in [1.82, 2.24) is 14.6 Å². The van der Waals surface area contributed by atoms with E-state index in [-0.39, 0.29) is 18.1 Å². The minimum Gasteiger partial charge on any atom is -0.496 e. The van der Waals surface area contributed by atoms with Gasteiger partial charge in [0.2, 0.25) is 4.96 Å². The van der Waals surface area contributed by atoms with E-state index in [9.17, 15) is 9.59 Å². The number of fused-ring (bicyclic) bond motifs is 1. The van der Waals surface area contributed by atoms with E-state index >= 15 is 0 Å². The van der Waals surface area contributed by atoms with Gasteiger partial charge in [-0.2, -0.15) is 9.61 Å².